The molecule has 0 bridgehead atoms. The Labute approximate surface area is 43.1 Å². The molecule has 0 aromatic rings. The predicted molar refractivity (Wildman–Crippen MR) is 28.8 cm³/mol. The lowest BCUT2D eigenvalue weighted by atomic mass is 10.2. The van der Waals surface area contributed by atoms with Gasteiger partial charge in [0, 0.05) is 25.2 Å². The van der Waals surface area contributed by atoms with Crippen LogP contribution >= 0.6 is 0 Å². The Kier molecular flexibility index (Phi) is 1.27. The maximum absolute atomic E-state index is 5.49. The first-order valence-corrected chi connectivity index (χ1v) is 2.52. The first kappa shape index (κ1) is 5.03. The van der Waals surface area contributed by atoms with E-state index in [1.807, 2.05) is 0 Å². The summed E-state index contributed by atoms with van der Waals surface area (Å²) in [6.45, 7) is 1.75. The van der Waals surface area contributed by atoms with Gasteiger partial charge in [0.25, 0.3) is 0 Å². The van der Waals surface area contributed by atoms with Crippen LogP contribution in [-0.4, -0.2) is 25.2 Å². The Balaban J connectivity index is 2.33. The normalized spacial score (nSPS) is 42.0. The Hall–Kier alpha value is -0.120. The fraction of sp³-hybridized carbons (Fsp3) is 1.00. The highest BCUT2D eigenvalue weighted by atomic mass is 15.0. The number of nitrogens with two attached hydrogens (primary N) is 2. The number of rotatable bonds is 0. The molecule has 0 aromatic heterocycles. The molecule has 1 rings (SSSR count). The maximum atomic E-state index is 5.49. The summed E-state index contributed by atoms with van der Waals surface area (Å²) in [6, 6.07) is 0.361. The quantitative estimate of drug-likeness (QED) is 0.339. The van der Waals surface area contributed by atoms with Crippen molar-refractivity contribution in [2.75, 3.05) is 13.1 Å². The predicted octanol–water partition coefficient (Wildman–Crippen LogP) is -1.76. The molecule has 0 aromatic carbocycles. The van der Waals surface area contributed by atoms with Crippen molar-refractivity contribution in [1.29, 1.82) is 0 Å². The van der Waals surface area contributed by atoms with Gasteiger partial charge >= 0.3 is 0 Å². The third-order valence-electron chi connectivity index (χ3n) is 1.31. The van der Waals surface area contributed by atoms with Gasteiger partial charge in [-0.25, -0.2) is 0 Å². The van der Waals surface area contributed by atoms with Crippen molar-refractivity contribution >= 4 is 0 Å². The highest BCUT2D eigenvalue weighted by Crippen LogP contribution is 1.90. The third-order valence-corrected chi connectivity index (χ3v) is 1.31. The fourth-order valence-corrected chi connectivity index (χ4v) is 0.719. The van der Waals surface area contributed by atoms with E-state index in [2.05, 4.69) is 5.32 Å². The van der Waals surface area contributed by atoms with Crippen molar-refractivity contribution in [2.24, 2.45) is 11.5 Å². The van der Waals surface area contributed by atoms with E-state index in [4.69, 9.17) is 11.5 Å². The highest BCUT2D eigenvalue weighted by Gasteiger charge is 2.17. The smallest absolute Gasteiger partial charge is 0.0331 e. The van der Waals surface area contributed by atoms with Gasteiger partial charge in [-0.1, -0.05) is 0 Å². The minimum Gasteiger partial charge on any atom is -0.325 e. The molecule has 3 heteroatoms. The molecule has 1 aliphatic heterocycles. The largest absolute Gasteiger partial charge is 0.325 e. The number of hydrogen-bond donors (Lipinski definition) is 3. The van der Waals surface area contributed by atoms with Gasteiger partial charge in [0.15, 0.2) is 0 Å². The lowest BCUT2D eigenvalue weighted by Gasteiger charge is -2.04. The summed E-state index contributed by atoms with van der Waals surface area (Å²) in [4.78, 5) is 0. The Morgan fingerprint density at radius 3 is 1.71 bits per heavy atom. The highest BCUT2D eigenvalue weighted by molar-refractivity contribution is 4.86. The van der Waals surface area contributed by atoms with Crippen molar-refractivity contribution in [1.82, 2.24) is 5.32 Å². The molecule has 3 nitrogen and oxygen atoms in total. The minimum absolute atomic E-state index is 0.181. The molecule has 5 N–H and O–H groups in total. The van der Waals surface area contributed by atoms with Crippen LogP contribution in [0.5, 0.6) is 0 Å². The second-order valence-electron chi connectivity index (χ2n) is 1.99. The maximum Gasteiger partial charge on any atom is 0.0331 e. The van der Waals surface area contributed by atoms with Crippen molar-refractivity contribution in [3.63, 3.8) is 0 Å². The van der Waals surface area contributed by atoms with Crippen LogP contribution in [0.1, 0.15) is 0 Å². The van der Waals surface area contributed by atoms with E-state index in [-0.39, 0.29) is 12.1 Å². The summed E-state index contributed by atoms with van der Waals surface area (Å²) in [5.74, 6) is 0. The summed E-state index contributed by atoms with van der Waals surface area (Å²) in [5.41, 5.74) is 11.0. The van der Waals surface area contributed by atoms with Crippen molar-refractivity contribution in [3.8, 4) is 0 Å². The average Bonchev–Trinajstić information content (AvgIpc) is 1.91. The van der Waals surface area contributed by atoms with Gasteiger partial charge in [0.05, 0.1) is 0 Å². The molecule has 0 radical (unpaired) electrons. The van der Waals surface area contributed by atoms with Gasteiger partial charge in [0.2, 0.25) is 0 Å². The zero-order chi connectivity index (χ0) is 5.28. The van der Waals surface area contributed by atoms with Gasteiger partial charge in [-0.05, 0) is 0 Å². The van der Waals surface area contributed by atoms with E-state index in [1.54, 1.807) is 0 Å². The Bertz CT molecular complexity index is 56.0. The molecule has 0 amide bonds. The van der Waals surface area contributed by atoms with Crippen LogP contribution in [0.2, 0.25) is 0 Å². The average molecular weight is 101 g/mol. The summed E-state index contributed by atoms with van der Waals surface area (Å²) < 4.78 is 0. The Morgan fingerprint density at radius 2 is 1.57 bits per heavy atom. The van der Waals surface area contributed by atoms with Gasteiger partial charge in [-0.2, -0.15) is 0 Å². The summed E-state index contributed by atoms with van der Waals surface area (Å²) in [6.07, 6.45) is 0. The zero-order valence-corrected chi connectivity index (χ0v) is 4.22. The first-order chi connectivity index (χ1) is 3.30. The SMILES string of the molecule is N[C@@H]1CNC[C@@H]1N. The summed E-state index contributed by atoms with van der Waals surface area (Å²) in [7, 11) is 0. The van der Waals surface area contributed by atoms with Gasteiger partial charge in [-0.3, -0.25) is 0 Å². The number of hydrogen-bond acceptors (Lipinski definition) is 3. The molecular formula is C4H11N3. The van der Waals surface area contributed by atoms with Crippen LogP contribution < -0.4 is 16.8 Å². The third kappa shape index (κ3) is 0.907. The van der Waals surface area contributed by atoms with Gasteiger partial charge in [-0.15, -0.1) is 0 Å². The molecule has 0 spiro atoms. The van der Waals surface area contributed by atoms with E-state index < -0.39 is 0 Å². The molecule has 0 aliphatic carbocycles. The van der Waals surface area contributed by atoms with Gasteiger partial charge < -0.3 is 16.8 Å². The summed E-state index contributed by atoms with van der Waals surface area (Å²) >= 11 is 0. The standard InChI is InChI=1S/C4H11N3/c5-3-1-7-2-4(3)6/h3-4,7H,1-2,5-6H2/t3-,4+. The van der Waals surface area contributed by atoms with Crippen LogP contribution in [0.3, 0.4) is 0 Å². The first-order valence-electron chi connectivity index (χ1n) is 2.52. The van der Waals surface area contributed by atoms with E-state index in [0.29, 0.717) is 0 Å². The molecular weight excluding hydrogens is 90.1 g/mol. The minimum atomic E-state index is 0.181. The van der Waals surface area contributed by atoms with E-state index in [9.17, 15) is 0 Å². The molecule has 0 saturated carbocycles. The van der Waals surface area contributed by atoms with Crippen LogP contribution in [0.15, 0.2) is 0 Å². The van der Waals surface area contributed by atoms with Crippen LogP contribution in [0.4, 0.5) is 0 Å². The van der Waals surface area contributed by atoms with Crippen molar-refractivity contribution < 1.29 is 0 Å². The molecule has 7 heavy (non-hydrogen) atoms. The number of nitrogens with one attached hydrogen (secondary N) is 1. The molecule has 1 fully saturated rings. The molecule has 42 valence electrons. The molecule has 1 heterocycles. The van der Waals surface area contributed by atoms with Crippen molar-refractivity contribution in [2.45, 2.75) is 12.1 Å². The molecule has 1 saturated heterocycles. The molecule has 1 aliphatic rings. The van der Waals surface area contributed by atoms with Crippen LogP contribution in [0, 0.1) is 0 Å². The second-order valence-corrected chi connectivity index (χ2v) is 1.99. The summed E-state index contributed by atoms with van der Waals surface area (Å²) in [5, 5.41) is 3.07. The van der Waals surface area contributed by atoms with Crippen molar-refractivity contribution in [3.05, 3.63) is 0 Å². The monoisotopic (exact) mass is 101 g/mol. The van der Waals surface area contributed by atoms with Crippen LogP contribution in [0.25, 0.3) is 0 Å². The molecule has 0 unspecified atom stereocenters. The second kappa shape index (κ2) is 1.78. The van der Waals surface area contributed by atoms with E-state index in [0.717, 1.165) is 13.1 Å². The van der Waals surface area contributed by atoms with E-state index >= 15 is 0 Å². The van der Waals surface area contributed by atoms with Crippen LogP contribution in [-0.2, 0) is 0 Å². The molecule has 2 atom stereocenters. The zero-order valence-electron chi connectivity index (χ0n) is 4.22. The lowest BCUT2D eigenvalue weighted by molar-refractivity contribution is 0.642. The fourth-order valence-electron chi connectivity index (χ4n) is 0.719. The van der Waals surface area contributed by atoms with Gasteiger partial charge in [0.1, 0.15) is 0 Å². The topological polar surface area (TPSA) is 64.1 Å². The Morgan fingerprint density at radius 1 is 1.14 bits per heavy atom. The lowest BCUT2D eigenvalue weighted by Crippen LogP contribution is -2.39. The van der Waals surface area contributed by atoms with E-state index in [1.165, 1.54) is 0 Å².